The van der Waals surface area contributed by atoms with Gasteiger partial charge in [0, 0.05) is 19.8 Å². The molecule has 0 spiro atoms. The summed E-state index contributed by atoms with van der Waals surface area (Å²) in [5.74, 6) is 0.490. The van der Waals surface area contributed by atoms with E-state index < -0.39 is 6.04 Å². The first-order valence-electron chi connectivity index (χ1n) is 7.01. The summed E-state index contributed by atoms with van der Waals surface area (Å²) < 4.78 is 14.7. The van der Waals surface area contributed by atoms with E-state index >= 15 is 0 Å². The third-order valence-electron chi connectivity index (χ3n) is 3.91. The van der Waals surface area contributed by atoms with E-state index in [9.17, 15) is 14.0 Å². The van der Waals surface area contributed by atoms with Crippen LogP contribution in [0.4, 0.5) is 9.18 Å². The SMILES string of the molecule is CN1C(=O)C2C(=NC(SCc3ccc(F)cc3)=[N+]2C)N(C)C1=O. The molecule has 120 valence electrons. The van der Waals surface area contributed by atoms with Crippen molar-refractivity contribution in [2.75, 3.05) is 21.1 Å². The lowest BCUT2D eigenvalue weighted by Crippen LogP contribution is -2.61. The minimum Gasteiger partial charge on any atom is -0.269 e. The molecular weight excluding hydrogens is 319 g/mol. The highest BCUT2D eigenvalue weighted by molar-refractivity contribution is 8.13. The Balaban J connectivity index is 1.81. The van der Waals surface area contributed by atoms with E-state index in [0.29, 0.717) is 16.8 Å². The zero-order valence-electron chi connectivity index (χ0n) is 13.0. The Morgan fingerprint density at radius 2 is 1.87 bits per heavy atom. The van der Waals surface area contributed by atoms with Crippen LogP contribution in [-0.4, -0.2) is 64.5 Å². The molecule has 2 aliphatic heterocycles. The molecule has 3 rings (SSSR count). The van der Waals surface area contributed by atoms with Crippen LogP contribution in [0, 0.1) is 5.82 Å². The highest BCUT2D eigenvalue weighted by atomic mass is 32.2. The van der Waals surface area contributed by atoms with Gasteiger partial charge in [-0.15, -0.1) is 0 Å². The Morgan fingerprint density at radius 1 is 1.22 bits per heavy atom. The Bertz CT molecular complexity index is 744. The molecule has 3 amide bonds. The number of fused-ring (bicyclic) bond motifs is 1. The molecule has 0 N–H and O–H groups in total. The molecule has 2 heterocycles. The molecule has 8 heteroatoms. The summed E-state index contributed by atoms with van der Waals surface area (Å²) in [7, 11) is 4.86. The Kier molecular flexibility index (Phi) is 3.93. The summed E-state index contributed by atoms with van der Waals surface area (Å²) in [6.45, 7) is 0. The predicted octanol–water partition coefficient (Wildman–Crippen LogP) is 1.36. The number of imide groups is 1. The van der Waals surface area contributed by atoms with E-state index in [1.54, 1.807) is 30.8 Å². The second-order valence-corrected chi connectivity index (χ2v) is 6.36. The molecule has 1 aromatic rings. The quantitative estimate of drug-likeness (QED) is 0.767. The molecule has 23 heavy (non-hydrogen) atoms. The van der Waals surface area contributed by atoms with E-state index in [1.807, 2.05) is 0 Å². The van der Waals surface area contributed by atoms with E-state index in [1.165, 1.54) is 35.8 Å². The average molecular weight is 335 g/mol. The number of carbonyl (C=O) groups excluding carboxylic acids is 2. The van der Waals surface area contributed by atoms with Crippen molar-refractivity contribution in [3.05, 3.63) is 35.6 Å². The number of amidine groups is 2. The molecule has 0 aromatic heterocycles. The lowest BCUT2D eigenvalue weighted by molar-refractivity contribution is -0.502. The summed E-state index contributed by atoms with van der Waals surface area (Å²) in [5.41, 5.74) is 0.959. The predicted molar refractivity (Wildman–Crippen MR) is 86.0 cm³/mol. The second kappa shape index (κ2) is 5.77. The fraction of sp³-hybridized carbons (Fsp3) is 0.333. The van der Waals surface area contributed by atoms with Gasteiger partial charge >= 0.3 is 11.2 Å². The van der Waals surface area contributed by atoms with Crippen LogP contribution in [0.2, 0.25) is 0 Å². The van der Waals surface area contributed by atoms with Crippen LogP contribution in [-0.2, 0) is 10.5 Å². The molecule has 2 aliphatic rings. The number of rotatable bonds is 2. The maximum atomic E-state index is 12.9. The molecule has 0 aliphatic carbocycles. The van der Waals surface area contributed by atoms with E-state index in [-0.39, 0.29) is 17.8 Å². The van der Waals surface area contributed by atoms with Crippen molar-refractivity contribution in [1.82, 2.24) is 9.80 Å². The number of nitrogens with zero attached hydrogens (tertiary/aromatic N) is 4. The van der Waals surface area contributed by atoms with Gasteiger partial charge in [-0.25, -0.2) is 13.8 Å². The first-order chi connectivity index (χ1) is 10.9. The zero-order valence-corrected chi connectivity index (χ0v) is 13.8. The standard InChI is InChI=1S/C15H16FN4O2S/c1-18-11-12(19(2)15(22)20(3)13(11)21)17-14(18)23-8-9-4-6-10(16)7-5-9/h4-7,11H,8H2,1-3H3/q+1. The number of hydrogen-bond donors (Lipinski definition) is 0. The van der Waals surface area contributed by atoms with Crippen LogP contribution in [0.1, 0.15) is 5.56 Å². The number of hydrogen-bond acceptors (Lipinski definition) is 4. The van der Waals surface area contributed by atoms with Gasteiger partial charge in [0.1, 0.15) is 5.82 Å². The van der Waals surface area contributed by atoms with Gasteiger partial charge < -0.3 is 0 Å². The molecule has 0 saturated carbocycles. The topological polar surface area (TPSA) is 56.0 Å². The van der Waals surface area contributed by atoms with E-state index in [4.69, 9.17) is 0 Å². The fourth-order valence-corrected chi connectivity index (χ4v) is 3.47. The molecular formula is C15H16FN4O2S+. The summed E-state index contributed by atoms with van der Waals surface area (Å²) in [6.07, 6.45) is 0. The third-order valence-corrected chi connectivity index (χ3v) is 5.02. The van der Waals surface area contributed by atoms with Gasteiger partial charge in [-0.3, -0.25) is 14.6 Å². The zero-order chi connectivity index (χ0) is 16.7. The van der Waals surface area contributed by atoms with Crippen molar-refractivity contribution in [1.29, 1.82) is 0 Å². The van der Waals surface area contributed by atoms with Gasteiger partial charge in [-0.2, -0.15) is 0 Å². The number of urea groups is 1. The van der Waals surface area contributed by atoms with Gasteiger partial charge in [0.05, 0.1) is 7.05 Å². The highest BCUT2D eigenvalue weighted by Crippen LogP contribution is 2.23. The van der Waals surface area contributed by atoms with Gasteiger partial charge in [0.2, 0.25) is 0 Å². The third kappa shape index (κ3) is 2.63. The van der Waals surface area contributed by atoms with Crippen LogP contribution in [0.5, 0.6) is 0 Å². The van der Waals surface area contributed by atoms with Crippen molar-refractivity contribution in [2.45, 2.75) is 11.8 Å². The van der Waals surface area contributed by atoms with E-state index in [0.717, 1.165) is 10.5 Å². The fourth-order valence-electron chi connectivity index (χ4n) is 2.52. The number of carbonyl (C=O) groups is 2. The Morgan fingerprint density at radius 3 is 2.52 bits per heavy atom. The number of likely N-dealkylation sites (N-methyl/N-ethyl adjacent to an activating group) is 3. The van der Waals surface area contributed by atoms with Crippen LogP contribution < -0.4 is 0 Å². The van der Waals surface area contributed by atoms with Crippen molar-refractivity contribution >= 4 is 34.7 Å². The molecule has 1 fully saturated rings. The molecule has 1 atom stereocenters. The van der Waals surface area contributed by atoms with Crippen molar-refractivity contribution < 1.29 is 18.6 Å². The van der Waals surface area contributed by atoms with Gasteiger partial charge in [0.25, 0.3) is 17.8 Å². The molecule has 1 aromatic carbocycles. The first-order valence-corrected chi connectivity index (χ1v) is 7.99. The Hall–Kier alpha value is -2.22. The van der Waals surface area contributed by atoms with Crippen molar-refractivity contribution in [3.8, 4) is 0 Å². The lowest BCUT2D eigenvalue weighted by atomic mass is 10.2. The van der Waals surface area contributed by atoms with Crippen LogP contribution in [0.15, 0.2) is 29.3 Å². The first kappa shape index (κ1) is 15.7. The normalized spacial score (nSPS) is 21.0. The minimum absolute atomic E-state index is 0.274. The summed E-state index contributed by atoms with van der Waals surface area (Å²) >= 11 is 1.45. The maximum Gasteiger partial charge on any atom is 0.358 e. The van der Waals surface area contributed by atoms with Crippen LogP contribution in [0.25, 0.3) is 0 Å². The maximum absolute atomic E-state index is 12.9. The molecule has 0 radical (unpaired) electrons. The smallest absolute Gasteiger partial charge is 0.269 e. The van der Waals surface area contributed by atoms with Crippen LogP contribution in [0.3, 0.4) is 0 Å². The lowest BCUT2D eigenvalue weighted by Gasteiger charge is -2.29. The van der Waals surface area contributed by atoms with Crippen molar-refractivity contribution in [3.63, 3.8) is 0 Å². The number of halogens is 1. The monoisotopic (exact) mass is 335 g/mol. The number of aliphatic imine (C=N–C) groups is 1. The van der Waals surface area contributed by atoms with Gasteiger partial charge in [0.15, 0.2) is 0 Å². The minimum atomic E-state index is -0.571. The molecule has 0 bridgehead atoms. The van der Waals surface area contributed by atoms with Crippen LogP contribution >= 0.6 is 11.8 Å². The molecule has 1 unspecified atom stereocenters. The van der Waals surface area contributed by atoms with Gasteiger partial charge in [-0.05, 0) is 34.5 Å². The summed E-state index contributed by atoms with van der Waals surface area (Å²) in [5, 5.41) is 0.664. The number of thioether (sulfide) groups is 1. The highest BCUT2D eigenvalue weighted by Gasteiger charge is 2.51. The second-order valence-electron chi connectivity index (χ2n) is 5.42. The largest absolute Gasteiger partial charge is 0.358 e. The number of amides is 3. The summed E-state index contributed by atoms with van der Waals surface area (Å²) in [6, 6.07) is 5.30. The molecule has 1 saturated heterocycles. The Labute approximate surface area is 137 Å². The number of benzene rings is 1. The van der Waals surface area contributed by atoms with Gasteiger partial charge in [-0.1, -0.05) is 12.1 Å². The average Bonchev–Trinajstić information content (AvgIpc) is 2.87. The van der Waals surface area contributed by atoms with E-state index in [2.05, 4.69) is 4.99 Å². The summed E-state index contributed by atoms with van der Waals surface area (Å²) in [4.78, 5) is 31.3. The van der Waals surface area contributed by atoms with Crippen molar-refractivity contribution in [2.24, 2.45) is 4.99 Å². The molecule has 6 nitrogen and oxygen atoms in total.